The second-order valence-corrected chi connectivity index (χ2v) is 12.5. The molecule has 1 unspecified atom stereocenters. The van der Waals surface area contributed by atoms with E-state index in [1.807, 2.05) is 13.8 Å². The van der Waals surface area contributed by atoms with Crippen molar-refractivity contribution in [3.8, 4) is 11.8 Å². The maximum absolute atomic E-state index is 12.3. The molecule has 7 atom stereocenters. The first-order valence-corrected chi connectivity index (χ1v) is 15.1. The van der Waals surface area contributed by atoms with E-state index >= 15 is 0 Å². The molecule has 2 N–H and O–H groups in total. The Morgan fingerprint density at radius 3 is 2.00 bits per heavy atom. The van der Waals surface area contributed by atoms with Crippen molar-refractivity contribution in [2.45, 2.75) is 84.1 Å². The van der Waals surface area contributed by atoms with Crippen LogP contribution in [-0.2, 0) is 33.3 Å². The normalized spacial score (nSPS) is 30.4. The summed E-state index contributed by atoms with van der Waals surface area (Å²) in [5, 5.41) is 7.32. The molecule has 246 valence electrons. The molecule has 12 heteroatoms. The lowest BCUT2D eigenvalue weighted by atomic mass is 9.55. The summed E-state index contributed by atoms with van der Waals surface area (Å²) >= 11 is 0. The van der Waals surface area contributed by atoms with E-state index in [0.717, 1.165) is 48.2 Å². The summed E-state index contributed by atoms with van der Waals surface area (Å²) in [5.41, 5.74) is 5.24. The van der Waals surface area contributed by atoms with Gasteiger partial charge in [-0.2, -0.15) is 0 Å². The second kappa shape index (κ2) is 14.4. The van der Waals surface area contributed by atoms with Gasteiger partial charge in [0.05, 0.1) is 32.2 Å². The zero-order valence-corrected chi connectivity index (χ0v) is 27.9. The monoisotopic (exact) mass is 633 g/mol. The maximum atomic E-state index is 12.3. The largest absolute Gasteiger partial charge is 0.481 e. The molecule has 0 saturated heterocycles. The molecular weight excluding hydrogens is 586 g/mol. The number of fused-ring (bicyclic) bond motifs is 6. The molecule has 0 amide bonds. The molecule has 1 saturated carbocycles. The minimum atomic E-state index is -0.548. The molecule has 0 aliphatic heterocycles. The van der Waals surface area contributed by atoms with Crippen LogP contribution in [-0.4, -0.2) is 64.0 Å². The summed E-state index contributed by atoms with van der Waals surface area (Å²) in [6.45, 7) is 22.7. The number of nitrogens with one attached hydrogen (secondary N) is 1. The van der Waals surface area contributed by atoms with Gasteiger partial charge in [-0.15, -0.1) is 0 Å². The Morgan fingerprint density at radius 1 is 0.957 bits per heavy atom. The third-order valence-electron chi connectivity index (χ3n) is 10.2. The van der Waals surface area contributed by atoms with Gasteiger partial charge in [-0.25, -0.2) is 36.8 Å². The van der Waals surface area contributed by atoms with Crippen LogP contribution in [0.5, 0.6) is 11.8 Å². The molecule has 2 aromatic rings. The zero-order chi connectivity index (χ0) is 35.1. The van der Waals surface area contributed by atoms with Gasteiger partial charge in [0.1, 0.15) is 12.7 Å². The zero-order valence-electron chi connectivity index (χ0n) is 28.9. The number of ether oxygens (including phenoxy) is 2. The Labute approximate surface area is 273 Å². The molecule has 0 spiro atoms. The predicted octanol–water partition coefficient (Wildman–Crippen LogP) is 4.76. The third-order valence-corrected chi connectivity index (χ3v) is 10.2. The Bertz CT molecular complexity index is 1590. The van der Waals surface area contributed by atoms with E-state index in [0.29, 0.717) is 18.2 Å². The van der Waals surface area contributed by atoms with E-state index in [-0.39, 0.29) is 46.4 Å². The fraction of sp³-hybridized carbons (Fsp3) is 0.588. The number of hydrogen-bond acceptors (Lipinski definition) is 10. The van der Waals surface area contributed by atoms with Gasteiger partial charge in [-0.1, -0.05) is 41.2 Å². The Morgan fingerprint density at radius 2 is 1.48 bits per heavy atom. The van der Waals surface area contributed by atoms with Crippen LogP contribution in [0, 0.1) is 36.8 Å². The standard InChI is InChI=1S/C16H19N3O2.C16H17N3O2.CH5NO.CH4/c2*1-9-11-6-5-10-14(18-8-19-15(10)21-4)16(11,2)7-12(17-3)13(9)20;1-2-3;/h8-9,11-12H,5-7H2,1-2,4H3;7-9,11H,5-6H2,1-2,4H3;2-3H,1H3;1H4/t9-,11-,12?,16-;9-,11-,16-;;/m00../s1/i;;;1T. The first-order chi connectivity index (χ1) is 22.5. The summed E-state index contributed by atoms with van der Waals surface area (Å²) in [6.07, 6.45) is 8.82. The van der Waals surface area contributed by atoms with Crippen LogP contribution in [0.25, 0.3) is 9.69 Å². The topological polar surface area (TPSA) is 145 Å². The Hall–Kier alpha value is -4.26. The average molecular weight is 634 g/mol. The molecule has 2 heterocycles. The lowest BCUT2D eigenvalue weighted by molar-refractivity contribution is -0.129. The van der Waals surface area contributed by atoms with Crippen molar-refractivity contribution >= 4 is 11.6 Å². The molecule has 0 bridgehead atoms. The van der Waals surface area contributed by atoms with Crippen molar-refractivity contribution < 1.29 is 25.6 Å². The first kappa shape index (κ1) is 34.6. The predicted molar refractivity (Wildman–Crippen MR) is 171 cm³/mol. The average Bonchev–Trinajstić information content (AvgIpc) is 3.09. The molecule has 4 aliphatic carbocycles. The highest BCUT2D eigenvalue weighted by Crippen LogP contribution is 2.52. The van der Waals surface area contributed by atoms with E-state index in [4.69, 9.17) is 29.2 Å². The summed E-state index contributed by atoms with van der Waals surface area (Å²) < 4.78 is 16.4. The second-order valence-electron chi connectivity index (χ2n) is 12.5. The summed E-state index contributed by atoms with van der Waals surface area (Å²) in [5.74, 6) is 1.45. The fourth-order valence-corrected chi connectivity index (χ4v) is 8.09. The van der Waals surface area contributed by atoms with Gasteiger partial charge in [0.2, 0.25) is 23.2 Å². The number of carbonyl (C=O) groups excluding carboxylic acids is 2. The van der Waals surface area contributed by atoms with E-state index in [9.17, 15) is 9.59 Å². The van der Waals surface area contributed by atoms with Crippen LogP contribution in [0.2, 0.25) is 0 Å². The van der Waals surface area contributed by atoms with Crippen molar-refractivity contribution in [3.63, 3.8) is 0 Å². The molecule has 1 fully saturated rings. The molecule has 2 aromatic heterocycles. The summed E-state index contributed by atoms with van der Waals surface area (Å²) in [4.78, 5) is 48.9. The number of aromatic nitrogens is 4. The number of hydroxylamine groups is 1. The van der Waals surface area contributed by atoms with Gasteiger partial charge in [0.15, 0.2) is 5.78 Å². The number of ketones is 2. The van der Waals surface area contributed by atoms with E-state index in [2.05, 4.69) is 43.5 Å². The minimum Gasteiger partial charge on any atom is -0.481 e. The lowest BCUT2D eigenvalue weighted by Gasteiger charge is -2.47. The Kier molecular flexibility index (Phi) is 10.9. The molecule has 0 radical (unpaired) electrons. The van der Waals surface area contributed by atoms with Crippen LogP contribution in [0.4, 0.5) is 0 Å². The van der Waals surface area contributed by atoms with E-state index in [1.165, 1.54) is 27.1 Å². The van der Waals surface area contributed by atoms with E-state index in [1.54, 1.807) is 25.8 Å². The SMILES string of the molecule is CNO.[3H]C.[C-]#[N+]C1=C[C@]2(C)c3ncnc(OC)c3CC[C@H]2[C@H](C)C1=O.[C-]#[N+]C1C[C@]2(C)c3ncnc(OC)c3CC[C@H]2[C@H](C)C1=O. The van der Waals surface area contributed by atoms with Gasteiger partial charge in [0.25, 0.3) is 6.04 Å². The molecule has 6 rings (SSSR count). The Balaban J connectivity index is 0.000000225. The highest BCUT2D eigenvalue weighted by Gasteiger charge is 2.55. The first-order valence-electron chi connectivity index (χ1n) is 16.1. The maximum Gasteiger partial charge on any atom is 0.282 e. The molecule has 12 nitrogen and oxygen atoms in total. The quantitative estimate of drug-likeness (QED) is 0.351. The van der Waals surface area contributed by atoms with Crippen LogP contribution in [0.1, 0.15) is 78.2 Å². The minimum absolute atomic E-state index is 0.0445. The van der Waals surface area contributed by atoms with Crippen LogP contribution in [0.3, 0.4) is 0 Å². The van der Waals surface area contributed by atoms with Gasteiger partial charge in [0, 0.05) is 48.6 Å². The van der Waals surface area contributed by atoms with Crippen molar-refractivity contribution in [1.29, 1.82) is 0 Å². The number of hydrogen-bond donors (Lipinski definition) is 2. The van der Waals surface area contributed by atoms with Crippen molar-refractivity contribution in [2.24, 2.45) is 23.7 Å². The van der Waals surface area contributed by atoms with Crippen LogP contribution in [0.15, 0.2) is 24.4 Å². The highest BCUT2D eigenvalue weighted by atomic mass is 16.5. The van der Waals surface area contributed by atoms with Gasteiger partial charge >= 0.3 is 0 Å². The van der Waals surface area contributed by atoms with Gasteiger partial charge in [-0.05, 0) is 37.5 Å². The highest BCUT2D eigenvalue weighted by molar-refractivity contribution is 6.00. The molecule has 4 aliphatic rings. The molecular formula is C34H45N7O5. The number of Topliss-reactive ketones (excluding diaryl/α,β-unsaturated/α-hetero) is 2. The van der Waals surface area contributed by atoms with Crippen molar-refractivity contribution in [1.82, 2.24) is 25.4 Å². The van der Waals surface area contributed by atoms with Crippen molar-refractivity contribution in [2.75, 3.05) is 21.3 Å². The van der Waals surface area contributed by atoms with Gasteiger partial charge in [-0.3, -0.25) is 4.79 Å². The van der Waals surface area contributed by atoms with E-state index < -0.39 is 11.5 Å². The number of methoxy groups -OCH3 is 2. The molecule has 46 heavy (non-hydrogen) atoms. The van der Waals surface area contributed by atoms with Crippen LogP contribution < -0.4 is 15.0 Å². The van der Waals surface area contributed by atoms with Gasteiger partial charge < -0.3 is 24.3 Å². The van der Waals surface area contributed by atoms with Crippen LogP contribution >= 0.6 is 0 Å². The number of nitrogens with zero attached hydrogens (tertiary/aromatic N) is 6. The number of rotatable bonds is 2. The third kappa shape index (κ3) is 6.00. The number of carbonyl (C=O) groups is 2. The van der Waals surface area contributed by atoms with Crippen molar-refractivity contribution in [3.05, 3.63) is 69.8 Å². The summed E-state index contributed by atoms with van der Waals surface area (Å²) in [7, 11) is 5.90. The fourth-order valence-electron chi connectivity index (χ4n) is 8.09. The lowest BCUT2D eigenvalue weighted by Crippen LogP contribution is -2.52. The molecule has 0 aromatic carbocycles. The number of allylic oxidation sites excluding steroid dienone is 2. The summed E-state index contributed by atoms with van der Waals surface area (Å²) in [6, 6.07) is -0.548. The smallest absolute Gasteiger partial charge is 0.282 e.